The van der Waals surface area contributed by atoms with Crippen LogP contribution in [0.5, 0.6) is 17.2 Å². The molecule has 12 nitrogen and oxygen atoms in total. The first-order valence-corrected chi connectivity index (χ1v) is 16.3. The second kappa shape index (κ2) is 9.83. The van der Waals surface area contributed by atoms with Crippen molar-refractivity contribution < 1.29 is 38.8 Å². The molecule has 3 rings (SSSR count). The average molecular weight is 580 g/mol. The summed E-state index contributed by atoms with van der Waals surface area (Å²) in [6, 6.07) is 14.8. The Hall–Kier alpha value is -2.56. The molecule has 0 atom stereocenters. The summed E-state index contributed by atoms with van der Waals surface area (Å²) in [4.78, 5) is -0.508. The van der Waals surface area contributed by atoms with E-state index in [2.05, 4.69) is 0 Å². The molecule has 3 aromatic rings. The lowest BCUT2D eigenvalue weighted by Gasteiger charge is -2.23. The summed E-state index contributed by atoms with van der Waals surface area (Å²) in [5.41, 5.74) is 0. The molecule has 0 aliphatic rings. The summed E-state index contributed by atoms with van der Waals surface area (Å²) >= 11 is 5.48. The summed E-state index contributed by atoms with van der Waals surface area (Å²) in [5, 5.41) is 15.3. The number of hydrogen-bond acceptors (Lipinski definition) is 10. The van der Waals surface area contributed by atoms with E-state index in [1.54, 1.807) is 0 Å². The quantitative estimate of drug-likeness (QED) is 0.310. The zero-order valence-electron chi connectivity index (χ0n) is 17.4. The van der Waals surface area contributed by atoms with E-state index in [4.69, 9.17) is 40.8 Å². The Morgan fingerprint density at radius 3 is 0.857 bits per heavy atom. The summed E-state index contributed by atoms with van der Waals surface area (Å²) in [6.45, 7) is -3.76. The van der Waals surface area contributed by atoms with Gasteiger partial charge in [0.25, 0.3) is 0 Å². The fraction of sp³-hybridized carbons (Fsp3) is 0. The van der Waals surface area contributed by atoms with Gasteiger partial charge in [-0.2, -0.15) is 0 Å². The van der Waals surface area contributed by atoms with E-state index in [0.29, 0.717) is 0 Å². The number of benzene rings is 3. The van der Waals surface area contributed by atoms with Crippen molar-refractivity contribution >= 4 is 48.6 Å². The molecule has 0 radical (unpaired) electrons. The van der Waals surface area contributed by atoms with Crippen LogP contribution in [0.15, 0.2) is 87.5 Å². The molecule has 0 saturated carbocycles. The Kier molecular flexibility index (Phi) is 7.59. The van der Waals surface area contributed by atoms with Gasteiger partial charge in [-0.15, -0.1) is 0 Å². The van der Waals surface area contributed by atoms with Gasteiger partial charge >= 0.3 is 6.72 Å². The second-order valence-electron chi connectivity index (χ2n) is 6.77. The minimum atomic E-state index is -3.95. The number of nitrogens with two attached hydrogens (primary N) is 3. The predicted molar refractivity (Wildman–Crippen MR) is 130 cm³/mol. The van der Waals surface area contributed by atoms with Crippen LogP contribution in [0.4, 0.5) is 0 Å². The molecular weight excluding hydrogens is 561 g/mol. The van der Waals surface area contributed by atoms with Crippen LogP contribution in [-0.4, -0.2) is 25.3 Å². The van der Waals surface area contributed by atoms with Gasteiger partial charge in [0.2, 0.25) is 30.1 Å². The van der Waals surface area contributed by atoms with Crippen molar-refractivity contribution in [1.29, 1.82) is 0 Å². The SMILES string of the molecule is NS(=O)(=O)c1ccc(OP(=S)(Oc2ccc(S(N)(=O)=O)cc2)Oc2ccc(S(N)(=O)=O)cc2)cc1. The summed E-state index contributed by atoms with van der Waals surface area (Å²) in [5.74, 6) is 0.217. The van der Waals surface area contributed by atoms with E-state index in [0.717, 1.165) is 0 Å². The highest BCUT2D eigenvalue weighted by Crippen LogP contribution is 2.50. The van der Waals surface area contributed by atoms with Crippen molar-refractivity contribution in [2.45, 2.75) is 14.7 Å². The third-order valence-corrected chi connectivity index (χ3v) is 8.87. The summed E-state index contributed by atoms with van der Waals surface area (Å²) in [7, 11) is -11.8. The number of rotatable bonds is 9. The molecule has 0 bridgehead atoms. The fourth-order valence-electron chi connectivity index (χ4n) is 2.51. The van der Waals surface area contributed by atoms with Crippen LogP contribution >= 0.6 is 6.72 Å². The van der Waals surface area contributed by atoms with Crippen molar-refractivity contribution in [3.05, 3.63) is 72.8 Å². The van der Waals surface area contributed by atoms with Crippen LogP contribution in [0.1, 0.15) is 0 Å². The summed E-state index contributed by atoms with van der Waals surface area (Å²) < 4.78 is 86.1. The first-order valence-electron chi connectivity index (χ1n) is 9.13. The molecule has 6 N–H and O–H groups in total. The number of sulfonamides is 3. The van der Waals surface area contributed by atoms with Gasteiger partial charge in [-0.25, -0.2) is 40.7 Å². The maximum absolute atomic E-state index is 11.5. The Morgan fingerprint density at radius 2 is 0.686 bits per heavy atom. The Balaban J connectivity index is 1.94. The lowest BCUT2D eigenvalue weighted by molar-refractivity contribution is 0.383. The van der Waals surface area contributed by atoms with Crippen LogP contribution < -0.4 is 29.0 Å². The van der Waals surface area contributed by atoms with Gasteiger partial charge in [-0.1, -0.05) is 0 Å². The third-order valence-electron chi connectivity index (χ3n) is 4.11. The fourth-order valence-corrected chi connectivity index (χ4v) is 6.09. The van der Waals surface area contributed by atoms with Crippen molar-refractivity contribution in [2.24, 2.45) is 15.4 Å². The first-order chi connectivity index (χ1) is 16.1. The topological polar surface area (TPSA) is 208 Å². The van der Waals surface area contributed by atoms with E-state index in [1.165, 1.54) is 72.8 Å². The van der Waals surface area contributed by atoms with Crippen molar-refractivity contribution in [1.82, 2.24) is 0 Å². The molecule has 0 unspecified atom stereocenters. The van der Waals surface area contributed by atoms with Crippen molar-refractivity contribution in [2.75, 3.05) is 0 Å². The van der Waals surface area contributed by atoms with Crippen LogP contribution in [0.3, 0.4) is 0 Å². The Morgan fingerprint density at radius 1 is 0.486 bits per heavy atom. The highest BCUT2D eigenvalue weighted by Gasteiger charge is 2.27. The Labute approximate surface area is 207 Å². The van der Waals surface area contributed by atoms with Gasteiger partial charge < -0.3 is 13.6 Å². The van der Waals surface area contributed by atoms with Gasteiger partial charge in [0.05, 0.1) is 14.7 Å². The number of hydrogen-bond donors (Lipinski definition) is 3. The van der Waals surface area contributed by atoms with E-state index >= 15 is 0 Å². The molecule has 0 aromatic heterocycles. The summed E-state index contributed by atoms with van der Waals surface area (Å²) in [6.07, 6.45) is 0. The molecule has 188 valence electrons. The van der Waals surface area contributed by atoms with Gasteiger partial charge in [-0.3, -0.25) is 0 Å². The van der Waals surface area contributed by atoms with E-state index in [9.17, 15) is 25.3 Å². The van der Waals surface area contributed by atoms with Gasteiger partial charge in [0, 0.05) is 11.8 Å². The van der Waals surface area contributed by atoms with E-state index < -0.39 is 36.8 Å². The highest BCUT2D eigenvalue weighted by atomic mass is 32.5. The maximum Gasteiger partial charge on any atom is 0.490 e. The molecule has 0 spiro atoms. The molecular formula is C18H18N3O9PS4. The van der Waals surface area contributed by atoms with E-state index in [1.807, 2.05) is 0 Å². The van der Waals surface area contributed by atoms with Crippen LogP contribution in [0.2, 0.25) is 0 Å². The highest BCUT2D eigenvalue weighted by molar-refractivity contribution is 8.08. The molecule has 17 heteroatoms. The minimum absolute atomic E-state index is 0.0723. The molecule has 3 aromatic carbocycles. The third kappa shape index (κ3) is 7.46. The second-order valence-corrected chi connectivity index (χ2v) is 14.2. The smallest absolute Gasteiger partial charge is 0.407 e. The molecule has 0 amide bonds. The zero-order valence-corrected chi connectivity index (χ0v) is 21.6. The van der Waals surface area contributed by atoms with Gasteiger partial charge in [0.1, 0.15) is 17.2 Å². The van der Waals surface area contributed by atoms with Crippen molar-refractivity contribution in [3.8, 4) is 17.2 Å². The largest absolute Gasteiger partial charge is 0.490 e. The lowest BCUT2D eigenvalue weighted by Crippen LogP contribution is -2.13. The van der Waals surface area contributed by atoms with E-state index in [-0.39, 0.29) is 31.9 Å². The normalized spacial score (nSPS) is 12.7. The lowest BCUT2D eigenvalue weighted by atomic mass is 10.3. The molecule has 0 fully saturated rings. The first kappa shape index (κ1) is 27.0. The molecule has 0 saturated heterocycles. The maximum atomic E-state index is 11.5. The molecule has 35 heavy (non-hydrogen) atoms. The van der Waals surface area contributed by atoms with Crippen LogP contribution in [0.25, 0.3) is 0 Å². The Bertz CT molecular complexity index is 1400. The zero-order chi connectivity index (χ0) is 26.1. The minimum Gasteiger partial charge on any atom is -0.407 e. The predicted octanol–water partition coefficient (Wildman–Crippen LogP) is 1.39. The van der Waals surface area contributed by atoms with Gasteiger partial charge in [-0.05, 0) is 72.8 Å². The molecule has 0 aliphatic heterocycles. The van der Waals surface area contributed by atoms with Crippen LogP contribution in [0, 0.1) is 0 Å². The van der Waals surface area contributed by atoms with Crippen LogP contribution in [-0.2, 0) is 41.9 Å². The monoisotopic (exact) mass is 579 g/mol. The van der Waals surface area contributed by atoms with Gasteiger partial charge in [0.15, 0.2) is 0 Å². The standard InChI is InChI=1S/C18H18N3O9PS4/c19-33(22,23)16-7-1-13(2-8-16)28-31(32,29-14-3-9-17(10-4-14)34(20,24)25)30-15-5-11-18(12-6-15)35(21,26)27/h1-12H,(H2,19,22,23)(H2,20,24,25)(H2,21,26,27). The number of primary sulfonamides is 3. The van der Waals surface area contributed by atoms with Crippen molar-refractivity contribution in [3.63, 3.8) is 0 Å². The molecule has 0 heterocycles. The molecule has 0 aliphatic carbocycles. The average Bonchev–Trinajstić information content (AvgIpc) is 2.72.